The maximum atomic E-state index is 13.1. The topological polar surface area (TPSA) is 52.6 Å². The fourth-order valence-electron chi connectivity index (χ4n) is 6.38. The highest BCUT2D eigenvalue weighted by atomic mass is 16.7. The van der Waals surface area contributed by atoms with Crippen molar-refractivity contribution in [2.75, 3.05) is 0 Å². The zero-order valence-electron chi connectivity index (χ0n) is 20.3. The van der Waals surface area contributed by atoms with E-state index in [1.807, 2.05) is 0 Å². The molecule has 0 N–H and O–H groups in total. The standard InChI is InChI=1S/C30H30O4/c1-19(31)20-14-16-21(17-15-20)33-27(32)34-26-29(4,5)23-11-7-9-13-25(23)30(26)18-28(2,3)22-10-6-8-12-24(22)30/h6-17,26H,18H2,1-5H3. The Morgan fingerprint density at radius 2 is 1.29 bits per heavy atom. The van der Waals surface area contributed by atoms with Crippen molar-refractivity contribution < 1.29 is 19.1 Å². The molecule has 3 aromatic carbocycles. The summed E-state index contributed by atoms with van der Waals surface area (Å²) in [5.74, 6) is 0.313. The number of ketones is 1. The van der Waals surface area contributed by atoms with Crippen molar-refractivity contribution in [2.45, 2.75) is 63.4 Å². The monoisotopic (exact) mass is 454 g/mol. The molecule has 5 rings (SSSR count). The van der Waals surface area contributed by atoms with Crippen LogP contribution in [-0.2, 0) is 21.0 Å². The number of fused-ring (bicyclic) bond motifs is 4. The predicted molar refractivity (Wildman–Crippen MR) is 132 cm³/mol. The van der Waals surface area contributed by atoms with Gasteiger partial charge >= 0.3 is 6.16 Å². The Balaban J connectivity index is 1.56. The maximum absolute atomic E-state index is 13.1. The van der Waals surface area contributed by atoms with Gasteiger partial charge < -0.3 is 9.47 Å². The SMILES string of the molecule is CC(=O)c1ccc(OC(=O)OC2C(C)(C)c3ccccc3C23CC(C)(C)c2ccccc23)cc1. The molecule has 4 heteroatoms. The average Bonchev–Trinajstić information content (AvgIpc) is 3.15. The largest absolute Gasteiger partial charge is 0.514 e. The van der Waals surface area contributed by atoms with Crippen LogP contribution in [0.3, 0.4) is 0 Å². The Morgan fingerprint density at radius 1 is 0.765 bits per heavy atom. The number of hydrogen-bond donors (Lipinski definition) is 0. The van der Waals surface area contributed by atoms with E-state index >= 15 is 0 Å². The lowest BCUT2D eigenvalue weighted by molar-refractivity contribution is -0.000456. The van der Waals surface area contributed by atoms with Crippen molar-refractivity contribution in [3.05, 3.63) is 101 Å². The van der Waals surface area contributed by atoms with Crippen molar-refractivity contribution in [3.8, 4) is 5.75 Å². The summed E-state index contributed by atoms with van der Waals surface area (Å²) in [6, 6.07) is 23.5. The number of hydrogen-bond acceptors (Lipinski definition) is 4. The Kier molecular flexibility index (Phi) is 4.98. The molecule has 0 bridgehead atoms. The van der Waals surface area contributed by atoms with Crippen molar-refractivity contribution >= 4 is 11.9 Å². The molecule has 0 aromatic heterocycles. The summed E-state index contributed by atoms with van der Waals surface area (Å²) >= 11 is 0. The maximum Gasteiger partial charge on any atom is 0.514 e. The predicted octanol–water partition coefficient (Wildman–Crippen LogP) is 6.73. The lowest BCUT2D eigenvalue weighted by Gasteiger charge is -2.38. The third kappa shape index (κ3) is 3.19. The van der Waals surface area contributed by atoms with Crippen LogP contribution in [0.2, 0.25) is 0 Å². The van der Waals surface area contributed by atoms with Gasteiger partial charge in [-0.05, 0) is 65.3 Å². The molecular formula is C30H30O4. The Labute approximate surface area is 200 Å². The summed E-state index contributed by atoms with van der Waals surface area (Å²) in [6.07, 6.45) is -0.335. The Hall–Kier alpha value is -3.40. The second-order valence-electron chi connectivity index (χ2n) is 10.8. The van der Waals surface area contributed by atoms with Gasteiger partial charge in [-0.25, -0.2) is 4.79 Å². The Bertz CT molecular complexity index is 1270. The van der Waals surface area contributed by atoms with Gasteiger partial charge in [-0.2, -0.15) is 0 Å². The summed E-state index contributed by atoms with van der Waals surface area (Å²) < 4.78 is 11.8. The van der Waals surface area contributed by atoms with E-state index in [2.05, 4.69) is 76.2 Å². The number of Topliss-reactive ketones (excluding diaryl/α,β-unsaturated/α-hetero) is 1. The summed E-state index contributed by atoms with van der Waals surface area (Å²) in [5.41, 5.74) is 4.56. The number of carbonyl (C=O) groups excluding carboxylic acids is 2. The van der Waals surface area contributed by atoms with Crippen molar-refractivity contribution in [1.29, 1.82) is 0 Å². The van der Waals surface area contributed by atoms with Crippen LogP contribution in [0.15, 0.2) is 72.8 Å². The van der Waals surface area contributed by atoms with Gasteiger partial charge in [0.2, 0.25) is 0 Å². The first-order valence-corrected chi connectivity index (χ1v) is 11.8. The van der Waals surface area contributed by atoms with Gasteiger partial charge in [0.15, 0.2) is 5.78 Å². The molecule has 2 atom stereocenters. The normalized spacial score (nSPS) is 23.3. The van der Waals surface area contributed by atoms with Gasteiger partial charge in [0, 0.05) is 11.0 Å². The second-order valence-corrected chi connectivity index (χ2v) is 10.8. The van der Waals surface area contributed by atoms with E-state index in [0.717, 1.165) is 6.42 Å². The molecule has 1 spiro atoms. The number of ether oxygens (including phenoxy) is 2. The zero-order chi connectivity index (χ0) is 24.3. The molecule has 2 aliphatic rings. The summed E-state index contributed by atoms with van der Waals surface area (Å²) in [4.78, 5) is 24.7. The molecule has 0 amide bonds. The molecule has 2 aliphatic carbocycles. The molecular weight excluding hydrogens is 424 g/mol. The summed E-state index contributed by atoms with van der Waals surface area (Å²) in [5, 5.41) is 0. The van der Waals surface area contributed by atoms with Crippen LogP contribution in [0.1, 0.15) is 73.7 Å². The van der Waals surface area contributed by atoms with Crippen LogP contribution in [0, 0.1) is 0 Å². The third-order valence-corrected chi connectivity index (χ3v) is 7.74. The molecule has 3 aromatic rings. The molecule has 4 nitrogen and oxygen atoms in total. The Morgan fingerprint density at radius 3 is 1.88 bits per heavy atom. The second kappa shape index (κ2) is 7.56. The molecule has 0 saturated carbocycles. The molecule has 0 fully saturated rings. The van der Waals surface area contributed by atoms with Crippen LogP contribution in [0.5, 0.6) is 5.75 Å². The smallest absolute Gasteiger partial charge is 0.428 e. The highest BCUT2D eigenvalue weighted by molar-refractivity contribution is 5.94. The van der Waals surface area contributed by atoms with Gasteiger partial charge in [0.05, 0.1) is 5.41 Å². The fourth-order valence-corrected chi connectivity index (χ4v) is 6.38. The van der Waals surface area contributed by atoms with E-state index < -0.39 is 23.1 Å². The van der Waals surface area contributed by atoms with Crippen LogP contribution in [-0.4, -0.2) is 18.0 Å². The highest BCUT2D eigenvalue weighted by Crippen LogP contribution is 2.63. The molecule has 0 radical (unpaired) electrons. The van der Waals surface area contributed by atoms with Gasteiger partial charge in [-0.3, -0.25) is 4.79 Å². The number of carbonyl (C=O) groups is 2. The van der Waals surface area contributed by atoms with E-state index in [9.17, 15) is 9.59 Å². The minimum atomic E-state index is -0.733. The van der Waals surface area contributed by atoms with E-state index in [-0.39, 0.29) is 11.2 Å². The highest BCUT2D eigenvalue weighted by Gasteiger charge is 2.64. The first-order chi connectivity index (χ1) is 16.1. The van der Waals surface area contributed by atoms with Gasteiger partial charge in [0.1, 0.15) is 11.9 Å². The molecule has 0 saturated heterocycles. The number of rotatable bonds is 3. The molecule has 2 unspecified atom stereocenters. The van der Waals surface area contributed by atoms with Gasteiger partial charge in [-0.1, -0.05) is 76.2 Å². The molecule has 0 aliphatic heterocycles. The van der Waals surface area contributed by atoms with Crippen LogP contribution in [0.25, 0.3) is 0 Å². The van der Waals surface area contributed by atoms with Crippen molar-refractivity contribution in [1.82, 2.24) is 0 Å². The minimum absolute atomic E-state index is 0.0379. The summed E-state index contributed by atoms with van der Waals surface area (Å²) in [7, 11) is 0. The fraction of sp³-hybridized carbons (Fsp3) is 0.333. The van der Waals surface area contributed by atoms with Crippen molar-refractivity contribution in [3.63, 3.8) is 0 Å². The lowest BCUT2D eigenvalue weighted by atomic mass is 9.70. The van der Waals surface area contributed by atoms with Crippen LogP contribution in [0.4, 0.5) is 4.79 Å². The molecule has 0 heterocycles. The first kappa shape index (κ1) is 22.4. The van der Waals surface area contributed by atoms with E-state index in [1.54, 1.807) is 24.3 Å². The zero-order valence-corrected chi connectivity index (χ0v) is 20.3. The van der Waals surface area contributed by atoms with E-state index in [1.165, 1.54) is 29.2 Å². The quantitative estimate of drug-likeness (QED) is 0.250. The first-order valence-electron chi connectivity index (χ1n) is 11.8. The average molecular weight is 455 g/mol. The van der Waals surface area contributed by atoms with Crippen LogP contribution < -0.4 is 4.74 Å². The minimum Gasteiger partial charge on any atom is -0.428 e. The van der Waals surface area contributed by atoms with E-state index in [4.69, 9.17) is 9.47 Å². The number of benzene rings is 3. The third-order valence-electron chi connectivity index (χ3n) is 7.74. The van der Waals surface area contributed by atoms with E-state index in [0.29, 0.717) is 11.3 Å². The molecule has 34 heavy (non-hydrogen) atoms. The van der Waals surface area contributed by atoms with Gasteiger partial charge in [-0.15, -0.1) is 0 Å². The van der Waals surface area contributed by atoms with Gasteiger partial charge in [0.25, 0.3) is 0 Å². The van der Waals surface area contributed by atoms with Crippen LogP contribution >= 0.6 is 0 Å². The lowest BCUT2D eigenvalue weighted by Crippen LogP contribution is -2.47. The summed E-state index contributed by atoms with van der Waals surface area (Å²) in [6.45, 7) is 10.3. The van der Waals surface area contributed by atoms with Crippen molar-refractivity contribution in [2.24, 2.45) is 0 Å². The molecule has 174 valence electrons.